The van der Waals surface area contributed by atoms with Crippen LogP contribution in [0.15, 0.2) is 46.6 Å². The van der Waals surface area contributed by atoms with Crippen molar-refractivity contribution in [3.63, 3.8) is 0 Å². The SMILES string of the molecule is CNc1cccc(Sc2ccc(C(F)(F)F)cn2)n1. The molecule has 100 valence electrons. The lowest BCUT2D eigenvalue weighted by Gasteiger charge is -2.07. The minimum absolute atomic E-state index is 0.466. The monoisotopic (exact) mass is 285 g/mol. The number of halogens is 3. The number of alkyl halides is 3. The van der Waals surface area contributed by atoms with Gasteiger partial charge in [-0.05, 0) is 24.3 Å². The van der Waals surface area contributed by atoms with Gasteiger partial charge in [-0.2, -0.15) is 13.2 Å². The highest BCUT2D eigenvalue weighted by atomic mass is 32.2. The number of aromatic nitrogens is 2. The van der Waals surface area contributed by atoms with Crippen molar-refractivity contribution in [2.24, 2.45) is 0 Å². The number of rotatable bonds is 3. The normalized spacial score (nSPS) is 11.4. The lowest BCUT2D eigenvalue weighted by molar-refractivity contribution is -0.137. The number of anilines is 1. The topological polar surface area (TPSA) is 37.8 Å². The Morgan fingerprint density at radius 1 is 1.11 bits per heavy atom. The van der Waals surface area contributed by atoms with E-state index in [1.807, 2.05) is 6.07 Å². The molecule has 0 atom stereocenters. The quantitative estimate of drug-likeness (QED) is 0.933. The van der Waals surface area contributed by atoms with Gasteiger partial charge in [0.15, 0.2) is 0 Å². The Morgan fingerprint density at radius 2 is 1.89 bits per heavy atom. The van der Waals surface area contributed by atoms with Crippen molar-refractivity contribution in [1.29, 1.82) is 0 Å². The summed E-state index contributed by atoms with van der Waals surface area (Å²) in [7, 11) is 1.74. The van der Waals surface area contributed by atoms with Crippen LogP contribution in [0.1, 0.15) is 5.56 Å². The van der Waals surface area contributed by atoms with Gasteiger partial charge in [0.2, 0.25) is 0 Å². The summed E-state index contributed by atoms with van der Waals surface area (Å²) in [6.45, 7) is 0. The van der Waals surface area contributed by atoms with E-state index < -0.39 is 11.7 Å². The van der Waals surface area contributed by atoms with Gasteiger partial charge in [0.05, 0.1) is 5.56 Å². The predicted molar refractivity (Wildman–Crippen MR) is 67.1 cm³/mol. The molecule has 0 amide bonds. The molecule has 7 heteroatoms. The highest BCUT2D eigenvalue weighted by molar-refractivity contribution is 7.99. The van der Waals surface area contributed by atoms with Crippen LogP contribution in [0.4, 0.5) is 19.0 Å². The van der Waals surface area contributed by atoms with Crippen molar-refractivity contribution in [3.8, 4) is 0 Å². The molecule has 2 rings (SSSR count). The van der Waals surface area contributed by atoms with Gasteiger partial charge in [0.1, 0.15) is 15.9 Å². The van der Waals surface area contributed by atoms with Gasteiger partial charge in [-0.3, -0.25) is 0 Å². The Morgan fingerprint density at radius 3 is 2.47 bits per heavy atom. The van der Waals surface area contributed by atoms with Gasteiger partial charge in [-0.15, -0.1) is 0 Å². The van der Waals surface area contributed by atoms with Crippen LogP contribution in [-0.2, 0) is 6.18 Å². The number of nitrogens with one attached hydrogen (secondary N) is 1. The van der Waals surface area contributed by atoms with Crippen LogP contribution in [0.5, 0.6) is 0 Å². The molecule has 2 heterocycles. The third-order valence-corrected chi connectivity index (χ3v) is 3.14. The van der Waals surface area contributed by atoms with E-state index in [0.717, 1.165) is 12.3 Å². The van der Waals surface area contributed by atoms with Crippen LogP contribution in [0.2, 0.25) is 0 Å². The van der Waals surface area contributed by atoms with E-state index in [1.165, 1.54) is 17.8 Å². The number of pyridine rings is 2. The summed E-state index contributed by atoms with van der Waals surface area (Å²) in [5.41, 5.74) is -0.756. The molecule has 3 nitrogen and oxygen atoms in total. The molecule has 1 N–H and O–H groups in total. The Labute approximate surface area is 112 Å². The van der Waals surface area contributed by atoms with E-state index in [-0.39, 0.29) is 0 Å². The first-order chi connectivity index (χ1) is 8.99. The van der Waals surface area contributed by atoms with Crippen LogP contribution < -0.4 is 5.32 Å². The maximum atomic E-state index is 12.4. The molecular weight excluding hydrogens is 275 g/mol. The van der Waals surface area contributed by atoms with E-state index in [1.54, 1.807) is 19.2 Å². The van der Waals surface area contributed by atoms with Crippen molar-refractivity contribution in [2.75, 3.05) is 12.4 Å². The Bertz CT molecular complexity index is 555. The lowest BCUT2D eigenvalue weighted by Crippen LogP contribution is -2.05. The summed E-state index contributed by atoms with van der Waals surface area (Å²) in [6, 6.07) is 7.72. The average Bonchev–Trinajstić information content (AvgIpc) is 2.38. The van der Waals surface area contributed by atoms with E-state index in [9.17, 15) is 13.2 Å². The standard InChI is InChI=1S/C12H10F3N3S/c1-16-9-3-2-4-11(18-9)19-10-6-5-8(7-17-10)12(13,14)15/h2-7H,1H3,(H,16,18). The molecule has 0 aliphatic rings. The smallest absolute Gasteiger partial charge is 0.373 e. The molecule has 0 saturated carbocycles. The van der Waals surface area contributed by atoms with Crippen LogP contribution in [0.25, 0.3) is 0 Å². The van der Waals surface area contributed by atoms with Crippen molar-refractivity contribution >= 4 is 17.6 Å². The van der Waals surface area contributed by atoms with Gasteiger partial charge >= 0.3 is 6.18 Å². The second-order valence-corrected chi connectivity index (χ2v) is 4.64. The third kappa shape index (κ3) is 3.60. The molecule has 2 aromatic heterocycles. The molecule has 19 heavy (non-hydrogen) atoms. The van der Waals surface area contributed by atoms with Gasteiger partial charge in [-0.1, -0.05) is 17.8 Å². The fourth-order valence-electron chi connectivity index (χ4n) is 1.33. The lowest BCUT2D eigenvalue weighted by atomic mass is 10.3. The maximum Gasteiger partial charge on any atom is 0.417 e. The summed E-state index contributed by atoms with van der Waals surface area (Å²) < 4.78 is 37.1. The Kier molecular flexibility index (Phi) is 3.94. The average molecular weight is 285 g/mol. The summed E-state index contributed by atoms with van der Waals surface area (Å²) in [5, 5.41) is 4.02. The minimum atomic E-state index is -4.36. The molecule has 0 unspecified atom stereocenters. The van der Waals surface area contributed by atoms with Gasteiger partial charge < -0.3 is 5.32 Å². The molecule has 0 spiro atoms. The second kappa shape index (κ2) is 5.48. The maximum absolute atomic E-state index is 12.4. The van der Waals surface area contributed by atoms with E-state index in [4.69, 9.17) is 0 Å². The summed E-state index contributed by atoms with van der Waals surface area (Å²) in [5.74, 6) is 0.692. The van der Waals surface area contributed by atoms with Crippen LogP contribution in [0, 0.1) is 0 Å². The molecule has 0 bridgehead atoms. The van der Waals surface area contributed by atoms with E-state index >= 15 is 0 Å². The molecule has 0 saturated heterocycles. The molecule has 0 aromatic carbocycles. The zero-order valence-electron chi connectivity index (χ0n) is 9.90. The summed E-state index contributed by atoms with van der Waals surface area (Å²) in [6.07, 6.45) is -3.54. The second-order valence-electron chi connectivity index (χ2n) is 3.60. The first-order valence-corrected chi connectivity index (χ1v) is 6.16. The summed E-state index contributed by atoms with van der Waals surface area (Å²) >= 11 is 1.21. The van der Waals surface area contributed by atoms with Crippen molar-refractivity contribution in [2.45, 2.75) is 16.2 Å². The van der Waals surface area contributed by atoms with Gasteiger partial charge in [0, 0.05) is 13.2 Å². The largest absolute Gasteiger partial charge is 0.417 e. The van der Waals surface area contributed by atoms with E-state index in [0.29, 0.717) is 15.9 Å². The fourth-order valence-corrected chi connectivity index (χ4v) is 2.07. The van der Waals surface area contributed by atoms with Crippen molar-refractivity contribution in [3.05, 3.63) is 42.1 Å². The highest BCUT2D eigenvalue weighted by Gasteiger charge is 2.30. The van der Waals surface area contributed by atoms with Gasteiger partial charge in [-0.25, -0.2) is 9.97 Å². The molecule has 0 radical (unpaired) electrons. The van der Waals surface area contributed by atoms with E-state index in [2.05, 4.69) is 15.3 Å². The molecule has 0 fully saturated rings. The minimum Gasteiger partial charge on any atom is -0.373 e. The zero-order chi connectivity index (χ0) is 13.9. The Balaban J connectivity index is 2.15. The number of nitrogens with zero attached hydrogens (tertiary/aromatic N) is 2. The highest BCUT2D eigenvalue weighted by Crippen LogP contribution is 2.31. The van der Waals surface area contributed by atoms with Crippen molar-refractivity contribution in [1.82, 2.24) is 9.97 Å². The first kappa shape index (κ1) is 13.7. The predicted octanol–water partition coefficient (Wildman–Crippen LogP) is 3.69. The van der Waals surface area contributed by atoms with Crippen molar-refractivity contribution < 1.29 is 13.2 Å². The number of hydrogen-bond acceptors (Lipinski definition) is 4. The zero-order valence-corrected chi connectivity index (χ0v) is 10.7. The molecule has 0 aliphatic carbocycles. The van der Waals surface area contributed by atoms with Crippen LogP contribution in [-0.4, -0.2) is 17.0 Å². The molecule has 0 aliphatic heterocycles. The van der Waals surface area contributed by atoms with Crippen LogP contribution >= 0.6 is 11.8 Å². The molecular formula is C12H10F3N3S. The summed E-state index contributed by atoms with van der Waals surface area (Å²) in [4.78, 5) is 8.03. The third-order valence-electron chi connectivity index (χ3n) is 2.25. The van der Waals surface area contributed by atoms with Gasteiger partial charge in [0.25, 0.3) is 0 Å². The Hall–Kier alpha value is -1.76. The van der Waals surface area contributed by atoms with Crippen LogP contribution in [0.3, 0.4) is 0 Å². The fraction of sp³-hybridized carbons (Fsp3) is 0.167. The number of hydrogen-bond donors (Lipinski definition) is 1. The molecule has 2 aromatic rings. The first-order valence-electron chi connectivity index (χ1n) is 5.35.